The molecule has 0 fully saturated rings. The molecular weight excluding hydrogens is 338 g/mol. The molecule has 0 aromatic carbocycles. The van der Waals surface area contributed by atoms with Crippen LogP contribution in [0.5, 0.6) is 0 Å². The van der Waals surface area contributed by atoms with E-state index >= 15 is 0 Å². The van der Waals surface area contributed by atoms with Gasteiger partial charge >= 0.3 is 114 Å². The Morgan fingerprint density at radius 1 is 1.06 bits per heavy atom. The number of unbranched alkanes of at least 4 members (excludes halogenated alkanes) is 2. The number of nitrogens with two attached hydrogens (primary N) is 1. The molecule has 0 aliphatic heterocycles. The molecule has 0 atom stereocenters. The molecule has 2 amide bonds. The fourth-order valence-corrected chi connectivity index (χ4v) is 1.38. The molecule has 16 heavy (non-hydrogen) atoms. The van der Waals surface area contributed by atoms with Crippen LogP contribution in [0.3, 0.4) is 0 Å². The van der Waals surface area contributed by atoms with Gasteiger partial charge in [-0.05, 0) is 0 Å². The first kappa shape index (κ1) is 18.3. The van der Waals surface area contributed by atoms with E-state index in [1.165, 1.54) is 0 Å². The van der Waals surface area contributed by atoms with Gasteiger partial charge in [0.15, 0.2) is 0 Å². The Bertz CT molecular complexity index is 189. The standard InChI is InChI=1S/C9H18NOSe.CH2NOSe/c1-3-5-7-10(9(11)12)8-6-4-2;2-1(3)4/h3-8H2,1-2H3;(H2,2,3). The van der Waals surface area contributed by atoms with Gasteiger partial charge in [0.25, 0.3) is 0 Å². The van der Waals surface area contributed by atoms with E-state index in [1.54, 1.807) is 0 Å². The average molecular weight is 358 g/mol. The van der Waals surface area contributed by atoms with E-state index in [-0.39, 0.29) is 4.81 Å². The van der Waals surface area contributed by atoms with Crippen molar-refractivity contribution in [2.75, 3.05) is 13.1 Å². The van der Waals surface area contributed by atoms with Crippen molar-refractivity contribution in [2.24, 2.45) is 5.73 Å². The number of amides is 2. The normalized spacial score (nSPS) is 8.88. The number of hydrogen-bond donors (Lipinski definition) is 1. The van der Waals surface area contributed by atoms with E-state index in [9.17, 15) is 4.79 Å². The minimum atomic E-state index is -0.458. The Balaban J connectivity index is 0. The molecule has 94 valence electrons. The molecule has 0 spiro atoms. The van der Waals surface area contributed by atoms with E-state index in [2.05, 4.69) is 35.6 Å². The predicted molar refractivity (Wildman–Crippen MR) is 67.9 cm³/mol. The van der Waals surface area contributed by atoms with Crippen molar-refractivity contribution in [2.45, 2.75) is 39.5 Å². The molecule has 0 bridgehead atoms. The van der Waals surface area contributed by atoms with Crippen LogP contribution in [0.4, 0.5) is 9.59 Å². The summed E-state index contributed by atoms with van der Waals surface area (Å²) in [6.45, 7) is 6.09. The van der Waals surface area contributed by atoms with Gasteiger partial charge in [0.1, 0.15) is 0 Å². The van der Waals surface area contributed by atoms with Crippen molar-refractivity contribution >= 4 is 41.6 Å². The van der Waals surface area contributed by atoms with Crippen LogP contribution in [0.25, 0.3) is 0 Å². The quantitative estimate of drug-likeness (QED) is 0.730. The molecule has 0 heterocycles. The number of carbonyl (C=O) groups is 2. The summed E-state index contributed by atoms with van der Waals surface area (Å²) in [5.41, 5.74) is 4.42. The zero-order valence-corrected chi connectivity index (χ0v) is 13.3. The Morgan fingerprint density at radius 2 is 1.38 bits per heavy atom. The Morgan fingerprint density at radius 3 is 1.56 bits per heavy atom. The molecule has 4 nitrogen and oxygen atoms in total. The molecule has 0 saturated heterocycles. The van der Waals surface area contributed by atoms with Crippen LogP contribution in [0.2, 0.25) is 0 Å². The average Bonchev–Trinajstić information content (AvgIpc) is 2.16. The number of nitrogens with zero attached hydrogens (tertiary/aromatic N) is 1. The Hall–Kier alpha value is -0.0210. The van der Waals surface area contributed by atoms with Gasteiger partial charge in [0, 0.05) is 0 Å². The van der Waals surface area contributed by atoms with Crippen LogP contribution in [-0.2, 0) is 0 Å². The van der Waals surface area contributed by atoms with Crippen molar-refractivity contribution in [3.63, 3.8) is 0 Å². The second kappa shape index (κ2) is 13.0. The summed E-state index contributed by atoms with van der Waals surface area (Å²) in [4.78, 5) is 21.7. The fraction of sp³-hybridized carbons (Fsp3) is 0.800. The van der Waals surface area contributed by atoms with Crippen molar-refractivity contribution in [1.82, 2.24) is 4.90 Å². The summed E-state index contributed by atoms with van der Waals surface area (Å²) in [5.74, 6) is 0. The molecule has 0 rings (SSSR count). The SMILES string of the molecule is CCCCN(CCCC)C(=O)[Se].NC(=O)[Se]. The summed E-state index contributed by atoms with van der Waals surface area (Å²) >= 11 is 4.59. The zero-order chi connectivity index (χ0) is 13.0. The van der Waals surface area contributed by atoms with E-state index in [0.717, 1.165) is 38.8 Å². The van der Waals surface area contributed by atoms with Crippen molar-refractivity contribution in [1.29, 1.82) is 0 Å². The second-order valence-corrected chi connectivity index (χ2v) is 4.86. The van der Waals surface area contributed by atoms with Crippen LogP contribution >= 0.6 is 0 Å². The monoisotopic (exact) mass is 360 g/mol. The number of primary amides is 1. The van der Waals surface area contributed by atoms with Crippen LogP contribution in [-0.4, -0.2) is 59.6 Å². The van der Waals surface area contributed by atoms with E-state index < -0.39 is 4.81 Å². The second-order valence-electron chi connectivity index (χ2n) is 3.28. The van der Waals surface area contributed by atoms with Crippen molar-refractivity contribution < 1.29 is 9.59 Å². The van der Waals surface area contributed by atoms with Crippen LogP contribution < -0.4 is 5.73 Å². The van der Waals surface area contributed by atoms with Gasteiger partial charge in [-0.25, -0.2) is 0 Å². The number of rotatable bonds is 6. The molecule has 0 aliphatic carbocycles. The van der Waals surface area contributed by atoms with Gasteiger partial charge in [-0.2, -0.15) is 0 Å². The zero-order valence-electron chi connectivity index (χ0n) is 9.90. The van der Waals surface area contributed by atoms with Gasteiger partial charge in [-0.1, -0.05) is 0 Å². The summed E-state index contributed by atoms with van der Waals surface area (Å²) in [5, 5.41) is 0. The molecule has 0 aromatic heterocycles. The van der Waals surface area contributed by atoms with Crippen molar-refractivity contribution in [3.8, 4) is 0 Å². The molecular formula is C10H20N2O2Se2. The number of hydrogen-bond acceptors (Lipinski definition) is 2. The Kier molecular flexibility index (Phi) is 15.0. The summed E-state index contributed by atoms with van der Waals surface area (Å²) in [6, 6.07) is 0. The van der Waals surface area contributed by atoms with Crippen LogP contribution in [0, 0.1) is 0 Å². The van der Waals surface area contributed by atoms with Crippen molar-refractivity contribution in [3.05, 3.63) is 0 Å². The van der Waals surface area contributed by atoms with Crippen LogP contribution in [0.1, 0.15) is 39.5 Å². The third-order valence-corrected chi connectivity index (χ3v) is 2.36. The molecule has 0 unspecified atom stereocenters. The van der Waals surface area contributed by atoms with Gasteiger partial charge in [0.05, 0.1) is 0 Å². The fourth-order valence-electron chi connectivity index (χ4n) is 0.992. The predicted octanol–water partition coefficient (Wildman–Crippen LogP) is 1.41. The third kappa shape index (κ3) is 16.4. The molecule has 0 saturated carbocycles. The first-order valence-electron chi connectivity index (χ1n) is 5.38. The first-order chi connectivity index (χ1) is 7.45. The molecule has 0 aliphatic rings. The summed E-state index contributed by atoms with van der Waals surface area (Å²) in [7, 11) is 0. The van der Waals surface area contributed by atoms with Gasteiger partial charge in [-0.15, -0.1) is 0 Å². The van der Waals surface area contributed by atoms with Gasteiger partial charge in [-0.3, -0.25) is 0 Å². The van der Waals surface area contributed by atoms with Crippen LogP contribution in [0.15, 0.2) is 0 Å². The van der Waals surface area contributed by atoms with Gasteiger partial charge < -0.3 is 0 Å². The topological polar surface area (TPSA) is 63.4 Å². The van der Waals surface area contributed by atoms with Gasteiger partial charge in [0.2, 0.25) is 0 Å². The minimum absolute atomic E-state index is 0.0944. The molecule has 6 heteroatoms. The summed E-state index contributed by atoms with van der Waals surface area (Å²) in [6.07, 6.45) is 4.51. The third-order valence-electron chi connectivity index (χ3n) is 1.82. The molecule has 2 N–H and O–H groups in total. The Labute approximate surface area is 114 Å². The van der Waals surface area contributed by atoms with E-state index in [0.29, 0.717) is 0 Å². The first-order valence-corrected chi connectivity index (χ1v) is 7.09. The molecule has 2 radical (unpaired) electrons. The maximum atomic E-state index is 11.0. The van der Waals surface area contributed by atoms with E-state index in [4.69, 9.17) is 4.79 Å². The maximum absolute atomic E-state index is 11.0. The number of carbonyl (C=O) groups excluding carboxylic acids is 2. The summed E-state index contributed by atoms with van der Waals surface area (Å²) < 4.78 is 0. The van der Waals surface area contributed by atoms with E-state index in [1.807, 2.05) is 20.9 Å². The molecule has 0 aromatic rings.